The zero-order chi connectivity index (χ0) is 14.9. The molecule has 1 fully saturated rings. The van der Waals surface area contributed by atoms with Crippen LogP contribution in [0, 0.1) is 11.8 Å². The minimum atomic E-state index is -3.51. The lowest BCUT2D eigenvalue weighted by Gasteiger charge is -2.40. The van der Waals surface area contributed by atoms with E-state index in [9.17, 15) is 8.42 Å². The van der Waals surface area contributed by atoms with Crippen LogP contribution in [0.25, 0.3) is 0 Å². The van der Waals surface area contributed by atoms with Crippen molar-refractivity contribution in [1.82, 2.24) is 9.29 Å². The van der Waals surface area contributed by atoms with Gasteiger partial charge in [-0.3, -0.25) is 4.98 Å². The Labute approximate surface area is 121 Å². The van der Waals surface area contributed by atoms with E-state index in [1.165, 1.54) is 6.20 Å². The first-order valence-electron chi connectivity index (χ1n) is 7.01. The van der Waals surface area contributed by atoms with Gasteiger partial charge in [-0.25, -0.2) is 8.42 Å². The van der Waals surface area contributed by atoms with E-state index >= 15 is 0 Å². The van der Waals surface area contributed by atoms with E-state index in [1.807, 2.05) is 6.92 Å². The largest absolute Gasteiger partial charge is 0.387 e. The van der Waals surface area contributed by atoms with Crippen molar-refractivity contribution >= 4 is 15.7 Å². The lowest BCUT2D eigenvalue weighted by molar-refractivity contribution is 0.157. The Bertz CT molecular complexity index is 574. The van der Waals surface area contributed by atoms with Crippen molar-refractivity contribution in [3.63, 3.8) is 0 Å². The Hall–Kier alpha value is -1.14. The SMILES string of the molecule is CNc1ccncc1S(=O)(=O)N1CC(C)CC(C)C1C. The molecule has 1 saturated heterocycles. The number of rotatable bonds is 3. The van der Waals surface area contributed by atoms with E-state index in [4.69, 9.17) is 0 Å². The molecule has 1 aromatic rings. The van der Waals surface area contributed by atoms with Gasteiger partial charge in [0.1, 0.15) is 4.90 Å². The van der Waals surface area contributed by atoms with Crippen LogP contribution in [0.15, 0.2) is 23.4 Å². The summed E-state index contributed by atoms with van der Waals surface area (Å²) in [5, 5.41) is 2.93. The van der Waals surface area contributed by atoms with Crippen LogP contribution in [0.5, 0.6) is 0 Å². The summed E-state index contributed by atoms with van der Waals surface area (Å²) in [4.78, 5) is 4.23. The van der Waals surface area contributed by atoms with E-state index in [1.54, 1.807) is 23.6 Å². The average molecular weight is 297 g/mol. The summed E-state index contributed by atoms with van der Waals surface area (Å²) in [6, 6.07) is 1.70. The lowest BCUT2D eigenvalue weighted by Crippen LogP contribution is -2.48. The van der Waals surface area contributed by atoms with Gasteiger partial charge in [0.2, 0.25) is 10.0 Å². The van der Waals surface area contributed by atoms with Gasteiger partial charge in [-0.15, -0.1) is 0 Å². The van der Waals surface area contributed by atoms with Crippen LogP contribution in [-0.4, -0.2) is 37.3 Å². The molecule has 6 heteroatoms. The maximum atomic E-state index is 12.9. The van der Waals surface area contributed by atoms with Crippen molar-refractivity contribution in [1.29, 1.82) is 0 Å². The van der Waals surface area contributed by atoms with Gasteiger partial charge in [0.15, 0.2) is 0 Å². The standard InChI is InChI=1S/C14H23N3O2S/c1-10-7-11(2)12(3)17(9-10)20(18,19)14-8-16-6-5-13(14)15-4/h5-6,8,10-12H,7,9H2,1-4H3,(H,15,16). The Balaban J connectivity index is 2.43. The molecule has 3 atom stereocenters. The van der Waals surface area contributed by atoms with E-state index in [0.29, 0.717) is 24.1 Å². The highest BCUT2D eigenvalue weighted by molar-refractivity contribution is 7.89. The second-order valence-electron chi connectivity index (χ2n) is 5.76. The van der Waals surface area contributed by atoms with Crippen LogP contribution < -0.4 is 5.32 Å². The number of aromatic nitrogens is 1. The first kappa shape index (κ1) is 15.3. The minimum Gasteiger partial charge on any atom is -0.387 e. The smallest absolute Gasteiger partial charge is 0.246 e. The fraction of sp³-hybridized carbons (Fsp3) is 0.643. The number of sulfonamides is 1. The highest BCUT2D eigenvalue weighted by atomic mass is 32.2. The zero-order valence-electron chi connectivity index (χ0n) is 12.5. The molecule has 0 bridgehead atoms. The molecule has 0 spiro atoms. The van der Waals surface area contributed by atoms with Crippen molar-refractivity contribution in [2.24, 2.45) is 11.8 Å². The molecule has 0 amide bonds. The molecule has 2 rings (SSSR count). The number of anilines is 1. The van der Waals surface area contributed by atoms with Gasteiger partial charge in [0.05, 0.1) is 5.69 Å². The third-order valence-corrected chi connectivity index (χ3v) is 6.16. The summed E-state index contributed by atoms with van der Waals surface area (Å²) >= 11 is 0. The topological polar surface area (TPSA) is 62.3 Å². The average Bonchev–Trinajstić information content (AvgIpc) is 2.42. The van der Waals surface area contributed by atoms with E-state index in [0.717, 1.165) is 6.42 Å². The molecule has 0 aliphatic carbocycles. The van der Waals surface area contributed by atoms with Crippen LogP contribution >= 0.6 is 0 Å². The van der Waals surface area contributed by atoms with Crippen molar-refractivity contribution in [3.8, 4) is 0 Å². The molecule has 2 heterocycles. The predicted octanol–water partition coefficient (Wildman–Crippen LogP) is 2.18. The van der Waals surface area contributed by atoms with E-state index < -0.39 is 10.0 Å². The van der Waals surface area contributed by atoms with Crippen molar-refractivity contribution in [2.75, 3.05) is 18.9 Å². The molecule has 0 aromatic carbocycles. The van der Waals surface area contributed by atoms with Crippen molar-refractivity contribution in [2.45, 2.75) is 38.1 Å². The Morgan fingerprint density at radius 3 is 2.70 bits per heavy atom. The van der Waals surface area contributed by atoms with E-state index in [-0.39, 0.29) is 10.9 Å². The second-order valence-corrected chi connectivity index (χ2v) is 7.61. The molecular weight excluding hydrogens is 274 g/mol. The van der Waals surface area contributed by atoms with Crippen molar-refractivity contribution in [3.05, 3.63) is 18.5 Å². The Morgan fingerprint density at radius 2 is 2.05 bits per heavy atom. The summed E-state index contributed by atoms with van der Waals surface area (Å²) in [5.41, 5.74) is 0.595. The van der Waals surface area contributed by atoms with Gasteiger partial charge >= 0.3 is 0 Å². The second kappa shape index (κ2) is 5.69. The van der Waals surface area contributed by atoms with Gasteiger partial charge in [-0.2, -0.15) is 4.31 Å². The highest BCUT2D eigenvalue weighted by Gasteiger charge is 2.38. The lowest BCUT2D eigenvalue weighted by atomic mass is 9.88. The maximum Gasteiger partial charge on any atom is 0.246 e. The first-order chi connectivity index (χ1) is 9.37. The number of piperidine rings is 1. The van der Waals surface area contributed by atoms with Crippen LogP contribution in [-0.2, 0) is 10.0 Å². The number of nitrogens with zero attached hydrogens (tertiary/aromatic N) is 2. The van der Waals surface area contributed by atoms with Gasteiger partial charge in [-0.05, 0) is 31.2 Å². The molecule has 1 aliphatic heterocycles. The fourth-order valence-corrected chi connectivity index (χ4v) is 4.89. The summed E-state index contributed by atoms with van der Waals surface area (Å²) in [6.45, 7) is 6.79. The molecule has 112 valence electrons. The number of pyridine rings is 1. The summed E-state index contributed by atoms with van der Waals surface area (Å²) < 4.78 is 27.5. The minimum absolute atomic E-state index is 0.0149. The molecular formula is C14H23N3O2S. The molecule has 5 nitrogen and oxygen atoms in total. The first-order valence-corrected chi connectivity index (χ1v) is 8.45. The Morgan fingerprint density at radius 1 is 1.35 bits per heavy atom. The third kappa shape index (κ3) is 2.67. The number of nitrogens with one attached hydrogen (secondary N) is 1. The predicted molar refractivity (Wildman–Crippen MR) is 80.1 cm³/mol. The van der Waals surface area contributed by atoms with Gasteiger partial charge in [0.25, 0.3) is 0 Å². The number of hydrogen-bond donors (Lipinski definition) is 1. The summed E-state index contributed by atoms with van der Waals surface area (Å²) in [6.07, 6.45) is 4.09. The third-order valence-electron chi connectivity index (χ3n) is 4.18. The summed E-state index contributed by atoms with van der Waals surface area (Å²) in [7, 11) is -1.79. The van der Waals surface area contributed by atoms with Gasteiger partial charge in [0, 0.05) is 32.0 Å². The molecule has 20 heavy (non-hydrogen) atoms. The highest BCUT2D eigenvalue weighted by Crippen LogP contribution is 2.33. The summed E-state index contributed by atoms with van der Waals surface area (Å²) in [5.74, 6) is 0.744. The molecule has 1 N–H and O–H groups in total. The molecule has 0 saturated carbocycles. The molecule has 1 aliphatic rings. The molecule has 0 radical (unpaired) electrons. The number of hydrogen-bond acceptors (Lipinski definition) is 4. The zero-order valence-corrected chi connectivity index (χ0v) is 13.3. The monoisotopic (exact) mass is 297 g/mol. The maximum absolute atomic E-state index is 12.9. The van der Waals surface area contributed by atoms with Gasteiger partial charge in [-0.1, -0.05) is 13.8 Å². The Kier molecular flexibility index (Phi) is 4.34. The van der Waals surface area contributed by atoms with Gasteiger partial charge < -0.3 is 5.32 Å². The normalized spacial score (nSPS) is 28.3. The van der Waals surface area contributed by atoms with Crippen LogP contribution in [0.1, 0.15) is 27.2 Å². The van der Waals surface area contributed by atoms with Crippen LogP contribution in [0.4, 0.5) is 5.69 Å². The fourth-order valence-electron chi connectivity index (χ4n) is 2.90. The quantitative estimate of drug-likeness (QED) is 0.929. The van der Waals surface area contributed by atoms with Crippen LogP contribution in [0.2, 0.25) is 0 Å². The molecule has 3 unspecified atom stereocenters. The van der Waals surface area contributed by atoms with E-state index in [2.05, 4.69) is 24.1 Å². The van der Waals surface area contributed by atoms with Crippen molar-refractivity contribution < 1.29 is 8.42 Å². The van der Waals surface area contributed by atoms with Crippen LogP contribution in [0.3, 0.4) is 0 Å². The molecule has 1 aromatic heterocycles.